The van der Waals surface area contributed by atoms with Crippen LogP contribution in [0.2, 0.25) is 0 Å². The Labute approximate surface area is 318 Å². The zero-order valence-corrected chi connectivity index (χ0v) is 28.1. The number of halogens is 15. The molecular weight excluding hydrogens is 909 g/mol. The Morgan fingerprint density at radius 2 is 0.950 bits per heavy atom. The van der Waals surface area contributed by atoms with Gasteiger partial charge < -0.3 is 14.2 Å². The molecular formula is C24H19F15O21. The molecule has 0 aromatic rings. The first kappa shape index (κ1) is 55.7. The molecule has 2 atom stereocenters. The predicted molar refractivity (Wildman–Crippen MR) is 137 cm³/mol. The van der Waals surface area contributed by atoms with Gasteiger partial charge in [0.05, 0.1) is 13.2 Å². The lowest BCUT2D eigenvalue weighted by atomic mass is 10.1. The van der Waals surface area contributed by atoms with E-state index in [0.717, 1.165) is 12.2 Å². The molecule has 60 heavy (non-hydrogen) atoms. The number of carbonyl (C=O) groups is 2. The molecule has 0 aromatic heterocycles. The molecule has 0 fully saturated rings. The van der Waals surface area contributed by atoms with E-state index in [0.29, 0.717) is 0 Å². The molecule has 0 amide bonds. The normalized spacial score (nSPS) is 15.5. The van der Waals surface area contributed by atoms with E-state index in [1.54, 1.807) is 0 Å². The summed E-state index contributed by atoms with van der Waals surface area (Å²) in [5.74, 6) is -44.7. The molecule has 0 N–H and O–H groups in total. The fraction of sp³-hybridized carbons (Fsp3) is 0.417. The molecule has 346 valence electrons. The van der Waals surface area contributed by atoms with Crippen molar-refractivity contribution in [1.29, 1.82) is 0 Å². The Morgan fingerprint density at radius 3 is 1.38 bits per heavy atom. The van der Waals surface area contributed by atoms with E-state index in [-0.39, 0.29) is 0 Å². The van der Waals surface area contributed by atoms with Crippen LogP contribution in [-0.4, -0.2) is 69.1 Å². The van der Waals surface area contributed by atoms with Gasteiger partial charge in [0.2, 0.25) is 23.3 Å². The summed E-state index contributed by atoms with van der Waals surface area (Å²) in [4.78, 5) is 30.6. The second kappa shape index (κ2) is 29.0. The Kier molecular flexibility index (Phi) is 26.9. The molecule has 0 spiro atoms. The molecule has 0 aromatic carbocycles. The van der Waals surface area contributed by atoms with Crippen molar-refractivity contribution in [3.8, 4) is 0 Å². The van der Waals surface area contributed by atoms with Gasteiger partial charge in [-0.05, 0) is 77.0 Å². The Hall–Kier alpha value is -4.35. The van der Waals surface area contributed by atoms with Crippen LogP contribution in [0.1, 0.15) is 6.42 Å². The summed E-state index contributed by atoms with van der Waals surface area (Å²) in [6, 6.07) is 0. The van der Waals surface area contributed by atoms with Gasteiger partial charge in [0.25, 0.3) is 0 Å². The lowest BCUT2D eigenvalue weighted by Crippen LogP contribution is -2.56. The minimum absolute atomic E-state index is 0.518. The highest BCUT2D eigenvalue weighted by atomic mass is 19.4. The second-order valence-electron chi connectivity index (χ2n) is 8.76. The number of hydrogen-bond donors (Lipinski definition) is 0. The zero-order chi connectivity index (χ0) is 45.9. The summed E-state index contributed by atoms with van der Waals surface area (Å²) in [6.45, 7) is -0.463. The average molecular weight is 928 g/mol. The maximum absolute atomic E-state index is 14.7. The Morgan fingerprint density at radius 1 is 0.533 bits per heavy atom. The number of esters is 2. The number of allylic oxidation sites excluding steroid dienone is 7. The average Bonchev–Trinajstić information content (AvgIpc) is 3.22. The molecule has 0 saturated carbocycles. The van der Waals surface area contributed by atoms with Gasteiger partial charge >= 0.3 is 29.9 Å². The van der Waals surface area contributed by atoms with Crippen molar-refractivity contribution in [2.75, 3.05) is 33.1 Å². The van der Waals surface area contributed by atoms with Crippen molar-refractivity contribution < 1.29 is 170 Å². The van der Waals surface area contributed by atoms with E-state index in [1.807, 2.05) is 0 Å². The van der Waals surface area contributed by atoms with Crippen molar-refractivity contribution in [1.82, 2.24) is 0 Å². The molecule has 0 radical (unpaired) electrons. The quantitative estimate of drug-likeness (QED) is 0.0128. The number of rotatable bonds is 33. The first-order valence-corrected chi connectivity index (χ1v) is 13.9. The molecule has 0 heterocycles. The molecule has 21 nitrogen and oxygen atoms in total. The van der Waals surface area contributed by atoms with Crippen molar-refractivity contribution in [3.63, 3.8) is 0 Å². The van der Waals surface area contributed by atoms with E-state index >= 15 is 0 Å². The van der Waals surface area contributed by atoms with Crippen LogP contribution in [0.3, 0.4) is 0 Å². The van der Waals surface area contributed by atoms with Gasteiger partial charge in [0.15, 0.2) is 29.4 Å². The number of hydrogen-bond acceptors (Lipinski definition) is 21. The van der Waals surface area contributed by atoms with Crippen molar-refractivity contribution >= 4 is 11.9 Å². The summed E-state index contributed by atoms with van der Waals surface area (Å²) in [6.07, 6.45) is -8.04. The smallest absolute Gasteiger partial charge is 0.458 e. The number of alkyl halides is 7. The summed E-state index contributed by atoms with van der Waals surface area (Å²) in [7, 11) is 0. The van der Waals surface area contributed by atoms with Crippen molar-refractivity contribution in [2.24, 2.45) is 0 Å². The van der Waals surface area contributed by atoms with Crippen LogP contribution in [0, 0.1) is 0 Å². The fourth-order valence-corrected chi connectivity index (χ4v) is 2.48. The summed E-state index contributed by atoms with van der Waals surface area (Å²) in [5.41, 5.74) is 0. The molecule has 0 bridgehead atoms. The first-order chi connectivity index (χ1) is 28.1. The van der Waals surface area contributed by atoms with Gasteiger partial charge in [0, 0.05) is 12.2 Å². The summed E-state index contributed by atoms with van der Waals surface area (Å²) in [5, 5.41) is 49.8. The topological polar surface area (TPSA) is 210 Å². The first-order valence-electron chi connectivity index (χ1n) is 13.9. The predicted octanol–water partition coefficient (Wildman–Crippen LogP) is 6.65. The third kappa shape index (κ3) is 19.4. The van der Waals surface area contributed by atoms with Crippen LogP contribution in [0.15, 0.2) is 71.9 Å². The standard InChI is InChI=1S/C24H19F15O21/c1-3-13(40)42-9-11(46-14(41)4-2)10-45-48-50-52-54-56-58-60-59-57-55-53-51-49-47-44-7-5-6-43-22(34,23(35,36)24(37,38)39)21(33)20(32)19(31)18(30)17(29)16(28)15(27)12(26)8-25/h3-4,11H,1-2,5-10H2/b15-12+,17-16+,19-18+,21-20+. The van der Waals surface area contributed by atoms with Gasteiger partial charge in [-0.25, -0.2) is 54.0 Å². The number of ether oxygens (including phenoxy) is 3. The van der Waals surface area contributed by atoms with Gasteiger partial charge in [-0.2, -0.15) is 31.2 Å². The van der Waals surface area contributed by atoms with Gasteiger partial charge in [-0.1, -0.05) is 13.2 Å². The maximum atomic E-state index is 14.7. The van der Waals surface area contributed by atoms with E-state index in [1.165, 1.54) is 0 Å². The summed E-state index contributed by atoms with van der Waals surface area (Å²) < 4.78 is 214. The Bertz CT molecular complexity index is 1500. The van der Waals surface area contributed by atoms with Crippen LogP contribution in [0.25, 0.3) is 0 Å². The highest BCUT2D eigenvalue weighted by Crippen LogP contribution is 2.51. The van der Waals surface area contributed by atoms with E-state index < -0.39 is 122 Å². The van der Waals surface area contributed by atoms with Crippen LogP contribution in [0.4, 0.5) is 65.9 Å². The van der Waals surface area contributed by atoms with E-state index in [2.05, 4.69) is 103 Å². The van der Waals surface area contributed by atoms with Crippen LogP contribution >= 0.6 is 0 Å². The zero-order valence-electron chi connectivity index (χ0n) is 28.1. The lowest BCUT2D eigenvalue weighted by Gasteiger charge is -2.33. The third-order valence-corrected chi connectivity index (χ3v) is 4.97. The van der Waals surface area contributed by atoms with E-state index in [4.69, 9.17) is 4.74 Å². The molecule has 0 rings (SSSR count). The van der Waals surface area contributed by atoms with Crippen molar-refractivity contribution in [3.05, 3.63) is 71.9 Å². The monoisotopic (exact) mass is 928 g/mol. The summed E-state index contributed by atoms with van der Waals surface area (Å²) >= 11 is 0. The third-order valence-electron chi connectivity index (χ3n) is 4.97. The molecule has 0 saturated heterocycles. The SMILES string of the molecule is C=CC(=O)OCC(COOOOOOOOOOOOOOOOCCCOC(F)(/C(F)=C(F)/C(F)=C(F)/C(F)=C(F)/C(F)=C(\F)CF)C(F)(F)C(F)(F)F)OC(=O)C=C. The lowest BCUT2D eigenvalue weighted by molar-refractivity contribution is -0.883. The molecule has 36 heteroatoms. The maximum Gasteiger partial charge on any atom is 0.460 e. The largest absolute Gasteiger partial charge is 0.460 e. The van der Waals surface area contributed by atoms with Crippen LogP contribution in [0.5, 0.6) is 0 Å². The minimum atomic E-state index is -7.21. The minimum Gasteiger partial charge on any atom is -0.458 e. The fourth-order valence-electron chi connectivity index (χ4n) is 2.48. The van der Waals surface area contributed by atoms with Crippen molar-refractivity contribution in [2.45, 2.75) is 30.5 Å². The van der Waals surface area contributed by atoms with Gasteiger partial charge in [-0.15, -0.1) is 0 Å². The Balaban J connectivity index is 4.57. The van der Waals surface area contributed by atoms with Gasteiger partial charge in [0.1, 0.15) is 19.9 Å². The second-order valence-corrected chi connectivity index (χ2v) is 8.76. The van der Waals surface area contributed by atoms with E-state index in [9.17, 15) is 75.4 Å². The molecule has 2 unspecified atom stereocenters. The van der Waals surface area contributed by atoms with Crippen LogP contribution < -0.4 is 0 Å². The number of carbonyl (C=O) groups excluding carboxylic acids is 2. The van der Waals surface area contributed by atoms with Crippen LogP contribution in [-0.2, 0) is 104 Å². The molecule has 0 aliphatic heterocycles. The highest BCUT2D eigenvalue weighted by molar-refractivity contribution is 5.82. The highest BCUT2D eigenvalue weighted by Gasteiger charge is 2.75. The molecule has 0 aliphatic rings. The molecule has 0 aliphatic carbocycles. The van der Waals surface area contributed by atoms with Gasteiger partial charge in [-0.3, -0.25) is 0 Å².